The molecule has 0 aliphatic rings. The molecule has 0 unspecified atom stereocenters. The van der Waals surface area contributed by atoms with Crippen LogP contribution in [0.25, 0.3) is 33.5 Å². The predicted octanol–water partition coefficient (Wildman–Crippen LogP) is 6.14. The highest BCUT2D eigenvalue weighted by atomic mass is 14.9. The minimum absolute atomic E-state index is 0.0147. The van der Waals surface area contributed by atoms with Gasteiger partial charge in [0.25, 0.3) is 0 Å². The summed E-state index contributed by atoms with van der Waals surface area (Å²) in [5, 5.41) is 0. The molecule has 0 atom stereocenters. The SMILES string of the molecule is [2H]C([2H])([2H])c1cc(-c2ccc(C)cc2)cc(C([2H])([2H])[2H])c1-c1ccc[n+](C)c1-c1ccncc1C. The summed E-state index contributed by atoms with van der Waals surface area (Å²) >= 11 is 0. The van der Waals surface area contributed by atoms with Crippen LogP contribution in [0.1, 0.15) is 30.5 Å². The van der Waals surface area contributed by atoms with E-state index in [1.54, 1.807) is 36.7 Å². The van der Waals surface area contributed by atoms with E-state index in [9.17, 15) is 0 Å². The minimum atomic E-state index is -2.53. The number of hydrogen-bond acceptors (Lipinski definition) is 1. The van der Waals surface area contributed by atoms with E-state index in [2.05, 4.69) is 4.98 Å². The van der Waals surface area contributed by atoms with Crippen LogP contribution in [0.2, 0.25) is 0 Å². The Kier molecular flexibility index (Phi) is 3.44. The Morgan fingerprint density at radius 2 is 1.55 bits per heavy atom. The predicted molar refractivity (Wildman–Crippen MR) is 121 cm³/mol. The molecule has 0 amide bonds. The summed E-state index contributed by atoms with van der Waals surface area (Å²) in [6.45, 7) is -1.18. The summed E-state index contributed by atoms with van der Waals surface area (Å²) in [5.41, 5.74) is 5.68. The van der Waals surface area contributed by atoms with Gasteiger partial charge in [0.05, 0.1) is 11.1 Å². The van der Waals surface area contributed by atoms with Crippen molar-refractivity contribution in [2.24, 2.45) is 7.05 Å². The first-order valence-corrected chi connectivity index (χ1v) is 9.54. The van der Waals surface area contributed by atoms with Gasteiger partial charge in [-0.3, -0.25) is 4.98 Å². The molecule has 2 heteroatoms. The van der Waals surface area contributed by atoms with Crippen molar-refractivity contribution in [2.75, 3.05) is 0 Å². The van der Waals surface area contributed by atoms with Gasteiger partial charge in [0.15, 0.2) is 6.20 Å². The van der Waals surface area contributed by atoms with Gasteiger partial charge in [-0.25, -0.2) is 4.57 Å². The molecule has 2 heterocycles. The van der Waals surface area contributed by atoms with Gasteiger partial charge in [0.1, 0.15) is 7.05 Å². The highest BCUT2D eigenvalue weighted by Crippen LogP contribution is 2.37. The van der Waals surface area contributed by atoms with E-state index >= 15 is 0 Å². The van der Waals surface area contributed by atoms with Crippen molar-refractivity contribution in [3.63, 3.8) is 0 Å². The summed E-state index contributed by atoms with van der Waals surface area (Å²) in [4.78, 5) is 4.18. The van der Waals surface area contributed by atoms with Gasteiger partial charge >= 0.3 is 0 Å². The standard InChI is InChI=1S/C27H27N2/c1-18-8-10-22(11-9-18)23-15-19(2)26(20(3)16-23)25-7-6-14-29(5)27(25)24-12-13-28-17-21(24)4/h6-17H,1-5H3/q+1/i2D3,3D3. The second-order valence-electron chi connectivity index (χ2n) is 7.38. The summed E-state index contributed by atoms with van der Waals surface area (Å²) in [6.07, 6.45) is 5.28. The molecule has 2 aromatic carbocycles. The number of pyridine rings is 2. The summed E-state index contributed by atoms with van der Waals surface area (Å²) in [7, 11) is 1.86. The minimum Gasteiger partial charge on any atom is -0.264 e. The lowest BCUT2D eigenvalue weighted by molar-refractivity contribution is -0.660. The fraction of sp³-hybridized carbons (Fsp3) is 0.185. The van der Waals surface area contributed by atoms with Crippen LogP contribution < -0.4 is 4.57 Å². The molecule has 4 rings (SSSR count). The van der Waals surface area contributed by atoms with Crippen LogP contribution in [0, 0.1) is 27.6 Å². The molecule has 0 saturated carbocycles. The number of hydrogen-bond donors (Lipinski definition) is 0. The van der Waals surface area contributed by atoms with Gasteiger partial charge in [0, 0.05) is 26.7 Å². The zero-order valence-electron chi connectivity index (χ0n) is 22.8. The molecule has 0 bridgehead atoms. The molecular weight excluding hydrogens is 352 g/mol. The largest absolute Gasteiger partial charge is 0.264 e. The number of aryl methyl sites for hydroxylation is 5. The van der Waals surface area contributed by atoms with Gasteiger partial charge in [-0.15, -0.1) is 0 Å². The monoisotopic (exact) mass is 385 g/mol. The van der Waals surface area contributed by atoms with Crippen molar-refractivity contribution >= 4 is 0 Å². The van der Waals surface area contributed by atoms with Crippen molar-refractivity contribution in [1.29, 1.82) is 0 Å². The Balaban J connectivity index is 2.14. The molecule has 0 radical (unpaired) electrons. The van der Waals surface area contributed by atoms with E-state index < -0.39 is 13.7 Å². The van der Waals surface area contributed by atoms with Crippen LogP contribution in [0.3, 0.4) is 0 Å². The first kappa shape index (κ1) is 13.1. The van der Waals surface area contributed by atoms with Crippen molar-refractivity contribution in [2.45, 2.75) is 27.6 Å². The maximum atomic E-state index is 8.36. The summed E-state index contributed by atoms with van der Waals surface area (Å²) in [5.74, 6) is 0. The van der Waals surface area contributed by atoms with E-state index in [1.807, 2.05) is 62.0 Å². The van der Waals surface area contributed by atoms with Gasteiger partial charge in [-0.2, -0.15) is 0 Å². The third-order valence-electron chi connectivity index (χ3n) is 5.25. The number of aromatic nitrogens is 2. The van der Waals surface area contributed by atoms with E-state index in [-0.39, 0.29) is 16.7 Å². The first-order chi connectivity index (χ1) is 16.4. The van der Waals surface area contributed by atoms with Crippen LogP contribution >= 0.6 is 0 Å². The Labute approximate surface area is 182 Å². The molecule has 0 saturated heterocycles. The van der Waals surface area contributed by atoms with E-state index in [1.165, 1.54) is 0 Å². The average Bonchev–Trinajstić information content (AvgIpc) is 2.78. The second-order valence-corrected chi connectivity index (χ2v) is 7.38. The maximum absolute atomic E-state index is 8.36. The van der Waals surface area contributed by atoms with Crippen molar-refractivity contribution < 1.29 is 12.8 Å². The first-order valence-electron chi connectivity index (χ1n) is 12.5. The topological polar surface area (TPSA) is 16.8 Å². The molecule has 0 spiro atoms. The van der Waals surface area contributed by atoms with Gasteiger partial charge < -0.3 is 0 Å². The second kappa shape index (κ2) is 7.63. The highest BCUT2D eigenvalue weighted by Gasteiger charge is 2.21. The van der Waals surface area contributed by atoms with Crippen LogP contribution in [-0.4, -0.2) is 4.98 Å². The smallest absolute Gasteiger partial charge is 0.220 e. The lowest BCUT2D eigenvalue weighted by Crippen LogP contribution is -2.31. The molecule has 0 N–H and O–H groups in total. The lowest BCUT2D eigenvalue weighted by Gasteiger charge is -2.16. The zero-order valence-corrected chi connectivity index (χ0v) is 16.8. The maximum Gasteiger partial charge on any atom is 0.220 e. The Morgan fingerprint density at radius 1 is 0.828 bits per heavy atom. The molecule has 2 nitrogen and oxygen atoms in total. The average molecular weight is 386 g/mol. The third kappa shape index (κ3) is 3.58. The molecule has 144 valence electrons. The summed E-state index contributed by atoms with van der Waals surface area (Å²) in [6, 6.07) is 16.3. The fourth-order valence-electron chi connectivity index (χ4n) is 3.73. The molecule has 29 heavy (non-hydrogen) atoms. The Hall–Kier alpha value is -3.26. The van der Waals surface area contributed by atoms with Gasteiger partial charge in [-0.1, -0.05) is 42.0 Å². The van der Waals surface area contributed by atoms with Crippen LogP contribution in [0.5, 0.6) is 0 Å². The third-order valence-corrected chi connectivity index (χ3v) is 5.25. The van der Waals surface area contributed by atoms with Gasteiger partial charge in [-0.05, 0) is 73.1 Å². The Morgan fingerprint density at radius 3 is 2.21 bits per heavy atom. The summed E-state index contributed by atoms with van der Waals surface area (Å²) < 4.78 is 52.1. The van der Waals surface area contributed by atoms with Crippen LogP contribution in [0.15, 0.2) is 73.2 Å². The van der Waals surface area contributed by atoms with Crippen molar-refractivity contribution in [1.82, 2.24) is 4.98 Å². The zero-order chi connectivity index (χ0) is 25.5. The molecule has 2 aromatic heterocycles. The van der Waals surface area contributed by atoms with E-state index in [4.69, 9.17) is 8.22 Å². The highest BCUT2D eigenvalue weighted by molar-refractivity contribution is 5.85. The van der Waals surface area contributed by atoms with Crippen molar-refractivity contribution in [3.05, 3.63) is 95.4 Å². The number of benzene rings is 2. The van der Waals surface area contributed by atoms with Crippen LogP contribution in [0.4, 0.5) is 0 Å². The Bertz CT molecular complexity index is 1350. The molecular formula is C27H27N2+. The van der Waals surface area contributed by atoms with E-state index in [0.717, 1.165) is 27.9 Å². The molecule has 4 aromatic rings. The fourth-order valence-corrected chi connectivity index (χ4v) is 3.73. The van der Waals surface area contributed by atoms with Gasteiger partial charge in [0.2, 0.25) is 5.69 Å². The van der Waals surface area contributed by atoms with Crippen molar-refractivity contribution in [3.8, 4) is 33.5 Å². The number of rotatable bonds is 3. The van der Waals surface area contributed by atoms with E-state index in [0.29, 0.717) is 11.1 Å². The molecule has 0 fully saturated rings. The molecule has 0 aliphatic carbocycles. The molecule has 0 aliphatic heterocycles. The van der Waals surface area contributed by atoms with Crippen LogP contribution in [-0.2, 0) is 7.05 Å². The number of nitrogens with zero attached hydrogens (tertiary/aromatic N) is 2. The normalized spacial score (nSPS) is 14.9. The lowest BCUT2D eigenvalue weighted by atomic mass is 9.88. The quantitative estimate of drug-likeness (QED) is 0.387.